The lowest BCUT2D eigenvalue weighted by Crippen LogP contribution is -2.36. The van der Waals surface area contributed by atoms with Gasteiger partial charge in [0.1, 0.15) is 12.2 Å². The quantitative estimate of drug-likeness (QED) is 0.397. The molecule has 8 nitrogen and oxygen atoms in total. The second-order valence-electron chi connectivity index (χ2n) is 5.83. The fourth-order valence-corrected chi connectivity index (χ4v) is 2.85. The molecular weight excluding hydrogens is 420 g/mol. The number of nitrogens with one attached hydrogen (secondary N) is 1. The number of nitrogens with zero attached hydrogens (tertiary/aromatic N) is 1. The van der Waals surface area contributed by atoms with E-state index in [9.17, 15) is 14.4 Å². The standard InChI is InChI=1S/C18H21BrN2O6/c1-5-10(2)27-16-12(19)6-11(8-14(16)25-3)7-13-17(23)21(18(24)20-13)9-15(22)26-4/h6-8,10H,5,9H2,1-4H3,(H,20,24)/b13-7+/t10-/m0/s1. The summed E-state index contributed by atoms with van der Waals surface area (Å²) in [6, 6.07) is 2.76. The van der Waals surface area contributed by atoms with E-state index in [0.29, 0.717) is 21.5 Å². The normalized spacial score (nSPS) is 16.3. The number of carbonyl (C=O) groups excluding carboxylic acids is 3. The summed E-state index contributed by atoms with van der Waals surface area (Å²) in [5.74, 6) is -0.251. The van der Waals surface area contributed by atoms with Crippen LogP contribution in [0.5, 0.6) is 11.5 Å². The van der Waals surface area contributed by atoms with Crippen molar-refractivity contribution in [1.29, 1.82) is 0 Å². The van der Waals surface area contributed by atoms with Crippen LogP contribution < -0.4 is 14.8 Å². The van der Waals surface area contributed by atoms with Crippen molar-refractivity contribution in [2.75, 3.05) is 20.8 Å². The fraction of sp³-hybridized carbons (Fsp3) is 0.389. The highest BCUT2D eigenvalue weighted by molar-refractivity contribution is 9.10. The molecule has 27 heavy (non-hydrogen) atoms. The van der Waals surface area contributed by atoms with Gasteiger partial charge in [0.25, 0.3) is 5.91 Å². The molecule has 1 aliphatic rings. The van der Waals surface area contributed by atoms with Gasteiger partial charge in [0.15, 0.2) is 11.5 Å². The summed E-state index contributed by atoms with van der Waals surface area (Å²) in [5.41, 5.74) is 0.659. The van der Waals surface area contributed by atoms with Crippen molar-refractivity contribution in [2.24, 2.45) is 0 Å². The Morgan fingerprint density at radius 3 is 2.63 bits per heavy atom. The maximum atomic E-state index is 12.4. The van der Waals surface area contributed by atoms with Crippen molar-refractivity contribution in [3.63, 3.8) is 0 Å². The molecule has 9 heteroatoms. The van der Waals surface area contributed by atoms with Gasteiger partial charge < -0.3 is 19.5 Å². The number of hydrogen-bond acceptors (Lipinski definition) is 6. The fourth-order valence-electron chi connectivity index (χ4n) is 2.30. The predicted octanol–water partition coefficient (Wildman–Crippen LogP) is 2.70. The minimum atomic E-state index is -0.685. The maximum Gasteiger partial charge on any atom is 0.329 e. The Bertz CT molecular complexity index is 792. The number of hydrogen-bond donors (Lipinski definition) is 1. The molecule has 1 aromatic carbocycles. The average Bonchev–Trinajstić information content (AvgIpc) is 2.90. The highest BCUT2D eigenvalue weighted by Crippen LogP contribution is 2.38. The van der Waals surface area contributed by atoms with E-state index in [2.05, 4.69) is 26.0 Å². The Hall–Kier alpha value is -2.55. The smallest absolute Gasteiger partial charge is 0.329 e. The topological polar surface area (TPSA) is 94.2 Å². The summed E-state index contributed by atoms with van der Waals surface area (Å²) < 4.78 is 16.4. The molecule has 0 spiro atoms. The molecule has 0 aliphatic carbocycles. The van der Waals surface area contributed by atoms with Crippen molar-refractivity contribution in [1.82, 2.24) is 10.2 Å². The van der Waals surface area contributed by atoms with Gasteiger partial charge in [0.05, 0.1) is 24.8 Å². The molecule has 0 bridgehead atoms. The summed E-state index contributed by atoms with van der Waals surface area (Å²) in [5, 5.41) is 2.45. The van der Waals surface area contributed by atoms with Gasteiger partial charge >= 0.3 is 12.0 Å². The van der Waals surface area contributed by atoms with Crippen LogP contribution in [0.1, 0.15) is 25.8 Å². The Morgan fingerprint density at radius 1 is 1.33 bits per heavy atom. The SMILES string of the molecule is CC[C@H](C)Oc1c(Br)cc(/C=C2/NC(=O)N(CC(=O)OC)C2=O)cc1OC. The first kappa shape index (κ1) is 20.8. The van der Waals surface area contributed by atoms with Crippen LogP contribution in [0.25, 0.3) is 6.08 Å². The van der Waals surface area contributed by atoms with Gasteiger partial charge in [-0.3, -0.25) is 9.59 Å². The number of carbonyl (C=O) groups is 3. The Balaban J connectivity index is 2.31. The van der Waals surface area contributed by atoms with E-state index >= 15 is 0 Å². The van der Waals surface area contributed by atoms with E-state index < -0.39 is 24.5 Å². The van der Waals surface area contributed by atoms with Gasteiger partial charge in [-0.2, -0.15) is 0 Å². The molecule has 1 aliphatic heterocycles. The molecule has 0 saturated carbocycles. The van der Waals surface area contributed by atoms with Crippen LogP contribution in [0.15, 0.2) is 22.3 Å². The third-order valence-corrected chi connectivity index (χ3v) is 4.52. The number of esters is 1. The predicted molar refractivity (Wildman–Crippen MR) is 101 cm³/mol. The van der Waals surface area contributed by atoms with Crippen molar-refractivity contribution in [2.45, 2.75) is 26.4 Å². The van der Waals surface area contributed by atoms with Crippen LogP contribution in [0.2, 0.25) is 0 Å². The Morgan fingerprint density at radius 2 is 2.04 bits per heavy atom. The summed E-state index contributed by atoms with van der Waals surface area (Å²) in [7, 11) is 2.70. The second kappa shape index (κ2) is 8.90. The van der Waals surface area contributed by atoms with E-state index in [0.717, 1.165) is 11.3 Å². The van der Waals surface area contributed by atoms with Crippen molar-refractivity contribution in [3.05, 3.63) is 27.9 Å². The number of ether oxygens (including phenoxy) is 3. The number of urea groups is 1. The highest BCUT2D eigenvalue weighted by Gasteiger charge is 2.35. The summed E-state index contributed by atoms with van der Waals surface area (Å²) in [6.07, 6.45) is 2.33. The summed E-state index contributed by atoms with van der Waals surface area (Å²) in [6.45, 7) is 3.51. The summed E-state index contributed by atoms with van der Waals surface area (Å²) in [4.78, 5) is 36.4. The molecule has 2 rings (SSSR count). The molecule has 146 valence electrons. The second-order valence-corrected chi connectivity index (χ2v) is 6.68. The van der Waals surface area contributed by atoms with Gasteiger partial charge in [-0.25, -0.2) is 9.69 Å². The van der Waals surface area contributed by atoms with E-state index in [-0.39, 0.29) is 11.8 Å². The van der Waals surface area contributed by atoms with Crippen molar-refractivity contribution < 1.29 is 28.6 Å². The number of imide groups is 1. The molecule has 0 radical (unpaired) electrons. The van der Waals surface area contributed by atoms with Crippen molar-refractivity contribution in [3.8, 4) is 11.5 Å². The molecular formula is C18H21BrN2O6. The number of rotatable bonds is 7. The monoisotopic (exact) mass is 440 g/mol. The zero-order chi connectivity index (χ0) is 20.1. The number of amides is 3. The number of benzene rings is 1. The lowest BCUT2D eigenvalue weighted by Gasteiger charge is -2.17. The van der Waals surface area contributed by atoms with E-state index in [4.69, 9.17) is 9.47 Å². The largest absolute Gasteiger partial charge is 0.493 e. The summed E-state index contributed by atoms with van der Waals surface area (Å²) >= 11 is 3.45. The van der Waals surface area contributed by atoms with Crippen LogP contribution in [0.4, 0.5) is 4.79 Å². The van der Waals surface area contributed by atoms with Crippen LogP contribution in [-0.2, 0) is 14.3 Å². The first-order valence-corrected chi connectivity index (χ1v) is 9.05. The highest BCUT2D eigenvalue weighted by atomic mass is 79.9. The Labute approximate surface area is 165 Å². The van der Waals surface area contributed by atoms with Crippen LogP contribution >= 0.6 is 15.9 Å². The lowest BCUT2D eigenvalue weighted by molar-refractivity contribution is -0.143. The molecule has 1 saturated heterocycles. The molecule has 1 aromatic rings. The third kappa shape index (κ3) is 4.79. The molecule has 1 fully saturated rings. The van der Waals surface area contributed by atoms with Crippen LogP contribution in [0, 0.1) is 0 Å². The molecule has 1 atom stereocenters. The molecule has 0 unspecified atom stereocenters. The van der Waals surface area contributed by atoms with Gasteiger partial charge in [-0.1, -0.05) is 6.92 Å². The van der Waals surface area contributed by atoms with Crippen LogP contribution in [0.3, 0.4) is 0 Å². The first-order valence-electron chi connectivity index (χ1n) is 8.26. The van der Waals surface area contributed by atoms with Gasteiger partial charge in [-0.15, -0.1) is 0 Å². The Kier molecular flexibility index (Phi) is 6.84. The van der Waals surface area contributed by atoms with Crippen molar-refractivity contribution >= 4 is 39.9 Å². The zero-order valence-electron chi connectivity index (χ0n) is 15.5. The minimum Gasteiger partial charge on any atom is -0.493 e. The van der Waals surface area contributed by atoms with E-state index in [1.165, 1.54) is 20.3 Å². The van der Waals surface area contributed by atoms with Crippen LogP contribution in [-0.4, -0.2) is 49.7 Å². The van der Waals surface area contributed by atoms with Gasteiger partial charge in [-0.05, 0) is 53.0 Å². The van der Waals surface area contributed by atoms with Gasteiger partial charge in [0.2, 0.25) is 0 Å². The third-order valence-electron chi connectivity index (χ3n) is 3.93. The molecule has 1 N–H and O–H groups in total. The molecule has 0 aromatic heterocycles. The van der Waals surface area contributed by atoms with E-state index in [1.807, 2.05) is 13.8 Å². The lowest BCUT2D eigenvalue weighted by atomic mass is 10.1. The molecule has 3 amide bonds. The maximum absolute atomic E-state index is 12.4. The number of halogens is 1. The minimum absolute atomic E-state index is 0.00184. The number of methoxy groups -OCH3 is 2. The average molecular weight is 441 g/mol. The first-order chi connectivity index (χ1) is 12.8. The molecule has 1 heterocycles. The van der Waals surface area contributed by atoms with E-state index in [1.54, 1.807) is 12.1 Å². The van der Waals surface area contributed by atoms with Gasteiger partial charge in [0, 0.05) is 0 Å². The zero-order valence-corrected chi connectivity index (χ0v) is 17.1.